The van der Waals surface area contributed by atoms with E-state index < -0.39 is 19.9 Å². The Labute approximate surface area is 135 Å². The van der Waals surface area contributed by atoms with Gasteiger partial charge in [-0.05, 0) is 46.6 Å². The van der Waals surface area contributed by atoms with E-state index in [0.29, 0.717) is 0 Å². The summed E-state index contributed by atoms with van der Waals surface area (Å²) in [5.41, 5.74) is 1.02. The van der Waals surface area contributed by atoms with Gasteiger partial charge >= 0.3 is 0 Å². The standard InChI is InChI=1S/C11H11BrN2O4S3/c1-7-5-10(19-11(7)12)21(17,18)14-8-3-4-9(13-6-8)20(2,15)16/h3-6,14H,1-2H3. The molecule has 0 atom stereocenters. The van der Waals surface area contributed by atoms with Crippen molar-refractivity contribution in [1.29, 1.82) is 0 Å². The summed E-state index contributed by atoms with van der Waals surface area (Å²) in [4.78, 5) is 3.73. The molecule has 0 fully saturated rings. The van der Waals surface area contributed by atoms with Crippen molar-refractivity contribution in [2.45, 2.75) is 16.2 Å². The first-order valence-corrected chi connectivity index (χ1v) is 10.5. The van der Waals surface area contributed by atoms with Crippen molar-refractivity contribution in [3.05, 3.63) is 33.7 Å². The van der Waals surface area contributed by atoms with Gasteiger partial charge in [-0.2, -0.15) is 0 Å². The molecule has 0 unspecified atom stereocenters. The van der Waals surface area contributed by atoms with Crippen LogP contribution in [0.4, 0.5) is 5.69 Å². The van der Waals surface area contributed by atoms with Gasteiger partial charge in [0.2, 0.25) is 0 Å². The molecule has 2 aromatic heterocycles. The Morgan fingerprint density at radius 1 is 1.24 bits per heavy atom. The molecule has 0 aliphatic rings. The smallest absolute Gasteiger partial charge is 0.271 e. The summed E-state index contributed by atoms with van der Waals surface area (Å²) in [5.74, 6) is 0. The molecule has 0 spiro atoms. The first-order valence-electron chi connectivity index (χ1n) is 5.54. The monoisotopic (exact) mass is 410 g/mol. The molecule has 0 aromatic carbocycles. The fourth-order valence-electron chi connectivity index (χ4n) is 1.43. The molecule has 2 aromatic rings. The summed E-state index contributed by atoms with van der Waals surface area (Å²) >= 11 is 4.37. The zero-order valence-electron chi connectivity index (χ0n) is 11.0. The number of aryl methyl sites for hydroxylation is 1. The fraction of sp³-hybridized carbons (Fsp3) is 0.182. The summed E-state index contributed by atoms with van der Waals surface area (Å²) in [7, 11) is -7.12. The van der Waals surface area contributed by atoms with Crippen molar-refractivity contribution < 1.29 is 16.8 Å². The van der Waals surface area contributed by atoms with Crippen LogP contribution in [0.2, 0.25) is 0 Å². The second-order valence-electron chi connectivity index (χ2n) is 4.28. The van der Waals surface area contributed by atoms with Crippen LogP contribution < -0.4 is 4.72 Å². The Balaban J connectivity index is 2.29. The van der Waals surface area contributed by atoms with Crippen LogP contribution in [-0.2, 0) is 19.9 Å². The Hall–Kier alpha value is -0.970. The molecule has 1 N–H and O–H groups in total. The van der Waals surface area contributed by atoms with E-state index in [0.717, 1.165) is 26.9 Å². The average molecular weight is 411 g/mol. The van der Waals surface area contributed by atoms with Crippen LogP contribution in [0.25, 0.3) is 0 Å². The lowest BCUT2D eigenvalue weighted by Gasteiger charge is -2.06. The van der Waals surface area contributed by atoms with Crippen molar-refractivity contribution >= 4 is 52.8 Å². The van der Waals surface area contributed by atoms with Crippen LogP contribution in [0.5, 0.6) is 0 Å². The Morgan fingerprint density at radius 2 is 1.90 bits per heavy atom. The summed E-state index contributed by atoms with van der Waals surface area (Å²) in [6.07, 6.45) is 2.20. The molecule has 21 heavy (non-hydrogen) atoms. The fourth-order valence-corrected chi connectivity index (χ4v) is 5.26. The SMILES string of the molecule is Cc1cc(S(=O)(=O)Nc2ccc(S(C)(=O)=O)nc2)sc1Br. The lowest BCUT2D eigenvalue weighted by Crippen LogP contribution is -2.12. The molecule has 2 rings (SSSR count). The van der Waals surface area contributed by atoms with Gasteiger partial charge in [-0.3, -0.25) is 4.72 Å². The predicted octanol–water partition coefficient (Wildman–Crippen LogP) is 2.42. The third-order valence-corrected chi connectivity index (χ3v) is 7.46. The molecular weight excluding hydrogens is 400 g/mol. The Kier molecular flexibility index (Phi) is 4.43. The highest BCUT2D eigenvalue weighted by Gasteiger charge is 2.19. The van der Waals surface area contributed by atoms with Gasteiger partial charge in [0.15, 0.2) is 14.9 Å². The Bertz CT molecular complexity index is 851. The third-order valence-electron chi connectivity index (χ3n) is 2.47. The molecule has 0 aliphatic carbocycles. The maximum Gasteiger partial charge on any atom is 0.271 e. The maximum absolute atomic E-state index is 12.2. The lowest BCUT2D eigenvalue weighted by molar-refractivity contribution is 0.598. The van der Waals surface area contributed by atoms with Gasteiger partial charge in [-0.25, -0.2) is 21.8 Å². The number of pyridine rings is 1. The summed E-state index contributed by atoms with van der Waals surface area (Å²) in [6.45, 7) is 1.79. The molecule has 0 radical (unpaired) electrons. The molecule has 10 heteroatoms. The molecular formula is C11H11BrN2O4S3. The second-order valence-corrected chi connectivity index (χ2v) is 10.5. The molecule has 6 nitrogen and oxygen atoms in total. The Morgan fingerprint density at radius 3 is 2.33 bits per heavy atom. The summed E-state index contributed by atoms with van der Waals surface area (Å²) in [5, 5.41) is -0.111. The zero-order chi connectivity index (χ0) is 15.8. The van der Waals surface area contributed by atoms with Crippen molar-refractivity contribution in [2.75, 3.05) is 11.0 Å². The normalized spacial score (nSPS) is 12.3. The highest BCUT2D eigenvalue weighted by atomic mass is 79.9. The predicted molar refractivity (Wildman–Crippen MR) is 84.9 cm³/mol. The van der Waals surface area contributed by atoms with Crippen molar-refractivity contribution in [1.82, 2.24) is 4.98 Å². The van der Waals surface area contributed by atoms with Crippen LogP contribution in [0.15, 0.2) is 37.4 Å². The number of rotatable bonds is 4. The van der Waals surface area contributed by atoms with Gasteiger partial charge in [-0.15, -0.1) is 11.3 Å². The van der Waals surface area contributed by atoms with Crippen molar-refractivity contribution in [3.63, 3.8) is 0 Å². The van der Waals surface area contributed by atoms with Crippen LogP contribution >= 0.6 is 27.3 Å². The van der Waals surface area contributed by atoms with Crippen LogP contribution in [-0.4, -0.2) is 28.1 Å². The molecule has 114 valence electrons. The molecule has 2 heterocycles. The third kappa shape index (κ3) is 3.82. The van der Waals surface area contributed by atoms with Gasteiger partial charge in [-0.1, -0.05) is 0 Å². The van der Waals surface area contributed by atoms with E-state index in [9.17, 15) is 16.8 Å². The van der Waals surface area contributed by atoms with Crippen molar-refractivity contribution in [3.8, 4) is 0 Å². The number of anilines is 1. The van der Waals surface area contributed by atoms with Gasteiger partial charge in [0.25, 0.3) is 10.0 Å². The van der Waals surface area contributed by atoms with E-state index in [2.05, 4.69) is 25.6 Å². The lowest BCUT2D eigenvalue weighted by atomic mass is 10.4. The minimum atomic E-state index is -3.71. The van der Waals surface area contributed by atoms with E-state index in [1.807, 2.05) is 0 Å². The minimum Gasteiger partial charge on any atom is -0.277 e. The largest absolute Gasteiger partial charge is 0.277 e. The van der Waals surface area contributed by atoms with E-state index in [-0.39, 0.29) is 14.9 Å². The number of nitrogens with zero attached hydrogens (tertiary/aromatic N) is 1. The highest BCUT2D eigenvalue weighted by molar-refractivity contribution is 9.11. The van der Waals surface area contributed by atoms with Gasteiger partial charge in [0, 0.05) is 6.26 Å². The second kappa shape index (κ2) is 5.67. The molecule has 0 bridgehead atoms. The van der Waals surface area contributed by atoms with E-state index in [1.54, 1.807) is 13.0 Å². The number of hydrogen-bond acceptors (Lipinski definition) is 6. The quantitative estimate of drug-likeness (QED) is 0.834. The zero-order valence-corrected chi connectivity index (χ0v) is 15.0. The van der Waals surface area contributed by atoms with E-state index in [4.69, 9.17) is 0 Å². The van der Waals surface area contributed by atoms with E-state index in [1.165, 1.54) is 18.3 Å². The minimum absolute atomic E-state index is 0.111. The molecule has 0 amide bonds. The number of sulfonamides is 1. The van der Waals surface area contributed by atoms with Crippen LogP contribution in [0.3, 0.4) is 0 Å². The van der Waals surface area contributed by atoms with Crippen LogP contribution in [0.1, 0.15) is 5.56 Å². The van der Waals surface area contributed by atoms with Gasteiger partial charge in [0.05, 0.1) is 15.7 Å². The van der Waals surface area contributed by atoms with Gasteiger partial charge in [0.1, 0.15) is 4.21 Å². The van der Waals surface area contributed by atoms with E-state index >= 15 is 0 Å². The number of thiophene rings is 1. The molecule has 0 saturated heterocycles. The highest BCUT2D eigenvalue weighted by Crippen LogP contribution is 2.31. The molecule has 0 aliphatic heterocycles. The number of nitrogens with one attached hydrogen (secondary N) is 1. The number of hydrogen-bond donors (Lipinski definition) is 1. The number of halogens is 1. The summed E-state index contributed by atoms with van der Waals surface area (Å²) in [6, 6.07) is 4.16. The number of sulfone groups is 1. The van der Waals surface area contributed by atoms with Crippen LogP contribution in [0, 0.1) is 6.92 Å². The first-order chi connectivity index (χ1) is 9.59. The maximum atomic E-state index is 12.2. The average Bonchev–Trinajstić information content (AvgIpc) is 2.69. The first kappa shape index (κ1) is 16.4. The van der Waals surface area contributed by atoms with Gasteiger partial charge < -0.3 is 0 Å². The summed E-state index contributed by atoms with van der Waals surface area (Å²) < 4.78 is 50.2. The topological polar surface area (TPSA) is 93.2 Å². The number of aromatic nitrogens is 1. The molecule has 0 saturated carbocycles. The van der Waals surface area contributed by atoms with Crippen molar-refractivity contribution in [2.24, 2.45) is 0 Å².